The number of allylic oxidation sites excluding steroid dienone is 2. The van der Waals surface area contributed by atoms with E-state index in [1.807, 2.05) is 6.20 Å². The molecule has 76 valence electrons. The summed E-state index contributed by atoms with van der Waals surface area (Å²) in [5.74, 6) is 0. The Kier molecular flexibility index (Phi) is 2.79. The fourth-order valence-corrected chi connectivity index (χ4v) is 2.07. The summed E-state index contributed by atoms with van der Waals surface area (Å²) >= 11 is 3.48. The van der Waals surface area contributed by atoms with Gasteiger partial charge in [0.2, 0.25) is 0 Å². The lowest BCUT2D eigenvalue weighted by molar-refractivity contribution is 0.744. The van der Waals surface area contributed by atoms with Gasteiger partial charge >= 0.3 is 0 Å². The summed E-state index contributed by atoms with van der Waals surface area (Å²) in [7, 11) is 0. The van der Waals surface area contributed by atoms with E-state index in [4.69, 9.17) is 5.26 Å². The van der Waals surface area contributed by atoms with Crippen molar-refractivity contribution in [1.82, 2.24) is 4.57 Å². The maximum Gasteiger partial charge on any atom is 0.101 e. The van der Waals surface area contributed by atoms with Gasteiger partial charge in [0.25, 0.3) is 0 Å². The molecular formula is C12H11BrN2. The third-order valence-corrected chi connectivity index (χ3v) is 3.13. The van der Waals surface area contributed by atoms with Gasteiger partial charge in [-0.3, -0.25) is 0 Å². The van der Waals surface area contributed by atoms with Crippen LogP contribution in [0.4, 0.5) is 0 Å². The maximum atomic E-state index is 9.03. The lowest BCUT2D eigenvalue weighted by Gasteiger charge is -1.94. The van der Waals surface area contributed by atoms with Crippen LogP contribution in [0.15, 0.2) is 16.8 Å². The molecule has 0 aromatic carbocycles. The van der Waals surface area contributed by atoms with Gasteiger partial charge in [-0.15, -0.1) is 0 Å². The first-order valence-electron chi connectivity index (χ1n) is 4.92. The molecule has 0 unspecified atom stereocenters. The minimum absolute atomic E-state index is 0.763. The molecule has 0 fully saturated rings. The van der Waals surface area contributed by atoms with Crippen molar-refractivity contribution in [1.29, 1.82) is 5.26 Å². The van der Waals surface area contributed by atoms with E-state index < -0.39 is 0 Å². The number of hydrogen-bond acceptors (Lipinski definition) is 1. The van der Waals surface area contributed by atoms with Gasteiger partial charge in [0.15, 0.2) is 0 Å². The SMILES string of the molecule is CCn1cc(C#N)c2c1=CC=C(Br)CC=2. The van der Waals surface area contributed by atoms with Gasteiger partial charge in [-0.2, -0.15) is 5.26 Å². The van der Waals surface area contributed by atoms with Crippen LogP contribution in [0.3, 0.4) is 0 Å². The molecule has 1 aromatic heterocycles. The lowest BCUT2D eigenvalue weighted by Crippen LogP contribution is -2.29. The zero-order valence-corrected chi connectivity index (χ0v) is 10.1. The predicted molar refractivity (Wildman–Crippen MR) is 64.6 cm³/mol. The minimum Gasteiger partial charge on any atom is -0.346 e. The number of rotatable bonds is 1. The third kappa shape index (κ3) is 1.78. The molecule has 2 rings (SSSR count). The highest BCUT2D eigenvalue weighted by Crippen LogP contribution is 2.12. The van der Waals surface area contributed by atoms with Crippen molar-refractivity contribution in [3.63, 3.8) is 0 Å². The van der Waals surface area contributed by atoms with E-state index in [0.29, 0.717) is 0 Å². The summed E-state index contributed by atoms with van der Waals surface area (Å²) in [5, 5.41) is 11.2. The van der Waals surface area contributed by atoms with Crippen molar-refractivity contribution in [2.45, 2.75) is 19.9 Å². The Labute approximate surface area is 97.0 Å². The average Bonchev–Trinajstić information content (AvgIpc) is 2.49. The molecule has 0 saturated heterocycles. The Morgan fingerprint density at radius 2 is 2.33 bits per heavy atom. The normalized spacial score (nSPS) is 14.1. The molecule has 0 N–H and O–H groups in total. The molecule has 0 bridgehead atoms. The molecule has 1 aliphatic rings. The van der Waals surface area contributed by atoms with Crippen LogP contribution >= 0.6 is 15.9 Å². The van der Waals surface area contributed by atoms with Crippen LogP contribution in [0, 0.1) is 11.3 Å². The Morgan fingerprint density at radius 3 is 3.00 bits per heavy atom. The summed E-state index contributed by atoms with van der Waals surface area (Å²) in [5.41, 5.74) is 0.763. The zero-order chi connectivity index (χ0) is 10.8. The number of nitriles is 1. The molecule has 0 atom stereocenters. The zero-order valence-electron chi connectivity index (χ0n) is 8.50. The second kappa shape index (κ2) is 4.08. The monoisotopic (exact) mass is 262 g/mol. The van der Waals surface area contributed by atoms with Gasteiger partial charge in [0, 0.05) is 23.3 Å². The van der Waals surface area contributed by atoms with Gasteiger partial charge in [-0.25, -0.2) is 0 Å². The van der Waals surface area contributed by atoms with Crippen molar-refractivity contribution in [3.8, 4) is 6.07 Å². The summed E-state index contributed by atoms with van der Waals surface area (Å²) in [4.78, 5) is 0. The van der Waals surface area contributed by atoms with Crippen LogP contribution in [0.5, 0.6) is 0 Å². The number of fused-ring (bicyclic) bond motifs is 1. The van der Waals surface area contributed by atoms with Crippen molar-refractivity contribution in [2.75, 3.05) is 0 Å². The van der Waals surface area contributed by atoms with E-state index in [9.17, 15) is 0 Å². The molecule has 1 aromatic rings. The van der Waals surface area contributed by atoms with Crippen LogP contribution in [0.2, 0.25) is 0 Å². The van der Waals surface area contributed by atoms with E-state index >= 15 is 0 Å². The summed E-state index contributed by atoms with van der Waals surface area (Å²) < 4.78 is 3.25. The lowest BCUT2D eigenvalue weighted by atomic mass is 10.2. The Hall–Kier alpha value is -1.27. The Balaban J connectivity index is 2.80. The first-order valence-corrected chi connectivity index (χ1v) is 5.71. The highest BCUT2D eigenvalue weighted by atomic mass is 79.9. The average molecular weight is 263 g/mol. The Morgan fingerprint density at radius 1 is 1.53 bits per heavy atom. The van der Waals surface area contributed by atoms with Crippen molar-refractivity contribution >= 4 is 28.1 Å². The van der Waals surface area contributed by atoms with E-state index in [1.54, 1.807) is 0 Å². The second-order valence-electron chi connectivity index (χ2n) is 3.43. The fourth-order valence-electron chi connectivity index (χ4n) is 1.78. The first-order chi connectivity index (χ1) is 7.26. The van der Waals surface area contributed by atoms with Crippen LogP contribution in [-0.4, -0.2) is 4.57 Å². The first kappa shape index (κ1) is 10.3. The quantitative estimate of drug-likeness (QED) is 0.757. The minimum atomic E-state index is 0.763. The van der Waals surface area contributed by atoms with Crippen LogP contribution < -0.4 is 10.6 Å². The number of aryl methyl sites for hydroxylation is 1. The smallest absolute Gasteiger partial charge is 0.101 e. The van der Waals surface area contributed by atoms with Crippen molar-refractivity contribution < 1.29 is 0 Å². The van der Waals surface area contributed by atoms with Crippen LogP contribution in [-0.2, 0) is 6.54 Å². The van der Waals surface area contributed by atoms with Crippen molar-refractivity contribution in [2.24, 2.45) is 0 Å². The molecular weight excluding hydrogens is 252 g/mol. The number of hydrogen-bond donors (Lipinski definition) is 0. The molecule has 2 nitrogen and oxygen atoms in total. The number of nitrogens with zero attached hydrogens (tertiary/aromatic N) is 2. The highest BCUT2D eigenvalue weighted by molar-refractivity contribution is 9.11. The molecule has 1 aliphatic carbocycles. The van der Waals surface area contributed by atoms with E-state index in [0.717, 1.165) is 33.6 Å². The van der Waals surface area contributed by atoms with E-state index in [1.165, 1.54) is 0 Å². The number of aromatic nitrogens is 1. The summed E-state index contributed by atoms with van der Waals surface area (Å²) in [6.07, 6.45) is 8.99. The van der Waals surface area contributed by atoms with Crippen molar-refractivity contribution in [3.05, 3.63) is 32.9 Å². The topological polar surface area (TPSA) is 28.7 Å². The molecule has 3 heteroatoms. The predicted octanol–water partition coefficient (Wildman–Crippen LogP) is 1.62. The number of halogens is 1. The molecule has 0 saturated carbocycles. The standard InChI is InChI=1S/C12H11BrN2/c1-2-15-8-9(7-14)11-5-3-10(13)4-6-12(11)15/h4-6,8H,2-3H2,1H3. The molecule has 0 spiro atoms. The highest BCUT2D eigenvalue weighted by Gasteiger charge is 2.04. The van der Waals surface area contributed by atoms with Gasteiger partial charge in [-0.05, 0) is 30.0 Å². The second-order valence-corrected chi connectivity index (χ2v) is 4.45. The van der Waals surface area contributed by atoms with Gasteiger partial charge in [-0.1, -0.05) is 22.0 Å². The summed E-state index contributed by atoms with van der Waals surface area (Å²) in [6, 6.07) is 2.24. The molecule has 1 heterocycles. The van der Waals surface area contributed by atoms with Gasteiger partial charge in [0.1, 0.15) is 6.07 Å². The van der Waals surface area contributed by atoms with E-state index in [-0.39, 0.29) is 0 Å². The van der Waals surface area contributed by atoms with Gasteiger partial charge < -0.3 is 4.57 Å². The largest absolute Gasteiger partial charge is 0.346 e. The van der Waals surface area contributed by atoms with Gasteiger partial charge in [0.05, 0.1) is 5.56 Å². The Bertz CT molecular complexity index is 570. The maximum absolute atomic E-state index is 9.03. The fraction of sp³-hybridized carbons (Fsp3) is 0.250. The van der Waals surface area contributed by atoms with Crippen LogP contribution in [0.1, 0.15) is 18.9 Å². The summed E-state index contributed by atoms with van der Waals surface area (Å²) in [6.45, 7) is 2.97. The third-order valence-electron chi connectivity index (χ3n) is 2.54. The molecule has 0 aliphatic heterocycles. The van der Waals surface area contributed by atoms with Crippen LogP contribution in [0.25, 0.3) is 12.2 Å². The molecule has 15 heavy (non-hydrogen) atoms. The molecule has 0 amide bonds. The van der Waals surface area contributed by atoms with E-state index in [2.05, 4.69) is 51.7 Å². The molecule has 0 radical (unpaired) electrons.